The molecule has 0 radical (unpaired) electrons. The van der Waals surface area contributed by atoms with E-state index in [1.165, 1.54) is 18.2 Å². The molecular formula is C24H23F2N3O2. The molecule has 0 bridgehead atoms. The molecule has 0 unspecified atom stereocenters. The predicted molar refractivity (Wildman–Crippen MR) is 112 cm³/mol. The third-order valence-corrected chi connectivity index (χ3v) is 6.73. The summed E-state index contributed by atoms with van der Waals surface area (Å²) in [5.41, 5.74) is 4.60. The average molecular weight is 423 g/mol. The lowest BCUT2D eigenvalue weighted by Gasteiger charge is -2.59. The van der Waals surface area contributed by atoms with E-state index < -0.39 is 11.7 Å². The molecule has 3 aromatic rings. The summed E-state index contributed by atoms with van der Waals surface area (Å²) in [7, 11) is 0. The van der Waals surface area contributed by atoms with E-state index in [1.54, 1.807) is 17.0 Å². The number of H-pyrrole nitrogens is 1. The molecule has 1 saturated carbocycles. The quantitative estimate of drug-likeness (QED) is 0.642. The van der Waals surface area contributed by atoms with Gasteiger partial charge < -0.3 is 10.0 Å². The lowest BCUT2D eigenvalue weighted by molar-refractivity contribution is -0.0562. The van der Waals surface area contributed by atoms with Crippen LogP contribution < -0.4 is 0 Å². The first-order valence-corrected chi connectivity index (χ1v) is 10.4. The van der Waals surface area contributed by atoms with Crippen molar-refractivity contribution in [3.63, 3.8) is 0 Å². The van der Waals surface area contributed by atoms with Crippen LogP contribution in [-0.4, -0.2) is 39.2 Å². The number of aromatic nitrogens is 2. The van der Waals surface area contributed by atoms with Gasteiger partial charge in [-0.3, -0.25) is 9.89 Å². The number of hydrogen-bond donors (Lipinski definition) is 2. The van der Waals surface area contributed by atoms with Crippen molar-refractivity contribution < 1.29 is 18.7 Å². The number of halogens is 2. The van der Waals surface area contributed by atoms with Crippen molar-refractivity contribution in [1.82, 2.24) is 15.1 Å². The predicted octanol–water partition coefficient (Wildman–Crippen LogP) is 4.70. The van der Waals surface area contributed by atoms with E-state index in [0.29, 0.717) is 13.1 Å². The number of phenols is 1. The van der Waals surface area contributed by atoms with Gasteiger partial charge in [0, 0.05) is 35.7 Å². The monoisotopic (exact) mass is 423 g/mol. The number of hydrogen-bond acceptors (Lipinski definition) is 3. The molecule has 1 saturated heterocycles. The molecule has 1 aliphatic carbocycles. The van der Waals surface area contributed by atoms with Crippen LogP contribution in [0.5, 0.6) is 5.75 Å². The standard InChI is InChI=1S/C24H23F2N3O2/c1-13-3-4-16(25)7-18(13)21-14(2)27-28-22(21)15-9-24(10-15)11-29(12-24)23(31)19-8-17(30)5-6-20(19)26/h3-8,15,30H,9-12H2,1-2H3,(H,27,28). The van der Waals surface area contributed by atoms with Crippen LogP contribution >= 0.6 is 0 Å². The minimum absolute atomic E-state index is 0.0287. The molecule has 1 amide bonds. The first-order chi connectivity index (χ1) is 14.8. The Bertz CT molecular complexity index is 1190. The van der Waals surface area contributed by atoms with Gasteiger partial charge in [-0.15, -0.1) is 0 Å². The van der Waals surface area contributed by atoms with Gasteiger partial charge >= 0.3 is 0 Å². The number of carbonyl (C=O) groups excluding carboxylic acids is 1. The van der Waals surface area contributed by atoms with E-state index in [2.05, 4.69) is 10.2 Å². The van der Waals surface area contributed by atoms with Crippen molar-refractivity contribution in [3.8, 4) is 16.9 Å². The van der Waals surface area contributed by atoms with Crippen LogP contribution in [0, 0.1) is 30.9 Å². The van der Waals surface area contributed by atoms with Crippen LogP contribution in [0.1, 0.15) is 46.1 Å². The highest BCUT2D eigenvalue weighted by atomic mass is 19.1. The van der Waals surface area contributed by atoms with Gasteiger partial charge in [0.25, 0.3) is 5.91 Å². The van der Waals surface area contributed by atoms with Crippen molar-refractivity contribution >= 4 is 5.91 Å². The van der Waals surface area contributed by atoms with Crippen molar-refractivity contribution in [3.05, 3.63) is 70.5 Å². The number of carbonyl (C=O) groups is 1. The van der Waals surface area contributed by atoms with E-state index >= 15 is 0 Å². The lowest BCUT2D eigenvalue weighted by Crippen LogP contribution is -2.63. The zero-order valence-electron chi connectivity index (χ0n) is 17.4. The Morgan fingerprint density at radius 1 is 1.16 bits per heavy atom. The summed E-state index contributed by atoms with van der Waals surface area (Å²) in [6.07, 6.45) is 1.78. The fraction of sp³-hybridized carbons (Fsp3) is 0.333. The summed E-state index contributed by atoms with van der Waals surface area (Å²) < 4.78 is 27.9. The van der Waals surface area contributed by atoms with Crippen LogP contribution in [0.15, 0.2) is 36.4 Å². The van der Waals surface area contributed by atoms with E-state index in [4.69, 9.17) is 0 Å². The number of phenolic OH excluding ortho intramolecular Hbond substituents is 1. The maximum atomic E-state index is 14.0. The second-order valence-corrected chi connectivity index (χ2v) is 8.99. The summed E-state index contributed by atoms with van der Waals surface area (Å²) in [5, 5.41) is 17.1. The Hall–Kier alpha value is -3.22. The SMILES string of the molecule is Cc1ccc(F)cc1-c1c(C)n[nH]c1C1CC2(C1)CN(C(=O)c1cc(O)ccc1F)C2. The largest absolute Gasteiger partial charge is 0.508 e. The molecule has 2 aliphatic rings. The number of aromatic amines is 1. The molecule has 2 N–H and O–H groups in total. The van der Waals surface area contributed by atoms with Crippen LogP contribution in [0.4, 0.5) is 8.78 Å². The highest BCUT2D eigenvalue weighted by molar-refractivity contribution is 5.95. The first-order valence-electron chi connectivity index (χ1n) is 10.4. The van der Waals surface area contributed by atoms with Crippen LogP contribution in [0.25, 0.3) is 11.1 Å². The highest BCUT2D eigenvalue weighted by Gasteiger charge is 2.55. The second-order valence-electron chi connectivity index (χ2n) is 8.99. The van der Waals surface area contributed by atoms with Gasteiger partial charge in [-0.1, -0.05) is 6.07 Å². The molecule has 2 aromatic carbocycles. The van der Waals surface area contributed by atoms with Crippen LogP contribution in [0.2, 0.25) is 0 Å². The average Bonchev–Trinajstić information content (AvgIpc) is 3.04. The third-order valence-electron chi connectivity index (χ3n) is 6.73. The zero-order chi connectivity index (χ0) is 21.9. The lowest BCUT2D eigenvalue weighted by atomic mass is 9.56. The highest BCUT2D eigenvalue weighted by Crippen LogP contribution is 2.57. The van der Waals surface area contributed by atoms with E-state index in [-0.39, 0.29) is 28.5 Å². The van der Waals surface area contributed by atoms with Gasteiger partial charge in [0.05, 0.1) is 11.3 Å². The molecule has 160 valence electrons. The Morgan fingerprint density at radius 3 is 2.65 bits per heavy atom. The van der Waals surface area contributed by atoms with E-state index in [0.717, 1.165) is 47.0 Å². The molecule has 1 aliphatic heterocycles. The first kappa shape index (κ1) is 19.7. The van der Waals surface area contributed by atoms with Gasteiger partial charge in [0.1, 0.15) is 17.4 Å². The number of benzene rings is 2. The summed E-state index contributed by atoms with van der Waals surface area (Å²) in [5.74, 6) is -1.16. The topological polar surface area (TPSA) is 69.2 Å². The second kappa shape index (κ2) is 6.90. The normalized spacial score (nSPS) is 17.5. The smallest absolute Gasteiger partial charge is 0.257 e. The molecule has 7 heteroatoms. The molecule has 5 rings (SSSR count). The van der Waals surface area contributed by atoms with Crippen molar-refractivity contribution in [2.24, 2.45) is 5.41 Å². The summed E-state index contributed by atoms with van der Waals surface area (Å²) in [6.45, 7) is 5.02. The van der Waals surface area contributed by atoms with Crippen LogP contribution in [0.3, 0.4) is 0 Å². The number of likely N-dealkylation sites (tertiary alicyclic amines) is 1. The van der Waals surface area contributed by atoms with Crippen LogP contribution in [-0.2, 0) is 0 Å². The number of rotatable bonds is 3. The Labute approximate surface area is 178 Å². The van der Waals surface area contributed by atoms with Crippen molar-refractivity contribution in [2.45, 2.75) is 32.6 Å². The Morgan fingerprint density at radius 2 is 1.90 bits per heavy atom. The fourth-order valence-corrected chi connectivity index (χ4v) is 5.15. The van der Waals surface area contributed by atoms with E-state index in [9.17, 15) is 18.7 Å². The van der Waals surface area contributed by atoms with Gasteiger partial charge in [0.2, 0.25) is 0 Å². The Balaban J connectivity index is 1.30. The number of amides is 1. The van der Waals surface area contributed by atoms with E-state index in [1.807, 2.05) is 13.8 Å². The third kappa shape index (κ3) is 3.19. The number of nitrogens with zero attached hydrogens (tertiary/aromatic N) is 2. The minimum Gasteiger partial charge on any atom is -0.508 e. The maximum Gasteiger partial charge on any atom is 0.257 e. The molecule has 31 heavy (non-hydrogen) atoms. The Kier molecular flexibility index (Phi) is 4.39. The summed E-state index contributed by atoms with van der Waals surface area (Å²) in [6, 6.07) is 8.30. The molecular weight excluding hydrogens is 400 g/mol. The fourth-order valence-electron chi connectivity index (χ4n) is 5.15. The molecule has 1 spiro atoms. The summed E-state index contributed by atoms with van der Waals surface area (Å²) in [4.78, 5) is 14.2. The van der Waals surface area contributed by atoms with Gasteiger partial charge in [0.15, 0.2) is 0 Å². The maximum absolute atomic E-state index is 14.0. The number of aryl methyl sites for hydroxylation is 2. The molecule has 5 nitrogen and oxygen atoms in total. The minimum atomic E-state index is -0.627. The molecule has 0 atom stereocenters. The van der Waals surface area contributed by atoms with Gasteiger partial charge in [-0.2, -0.15) is 5.10 Å². The van der Waals surface area contributed by atoms with Crippen molar-refractivity contribution in [2.75, 3.05) is 13.1 Å². The van der Waals surface area contributed by atoms with Crippen molar-refractivity contribution in [1.29, 1.82) is 0 Å². The van der Waals surface area contributed by atoms with Gasteiger partial charge in [-0.05, 0) is 68.1 Å². The zero-order valence-corrected chi connectivity index (χ0v) is 17.4. The molecule has 1 aromatic heterocycles. The molecule has 2 fully saturated rings. The summed E-state index contributed by atoms with van der Waals surface area (Å²) >= 11 is 0. The molecule has 2 heterocycles. The number of aromatic hydroxyl groups is 1. The van der Waals surface area contributed by atoms with Gasteiger partial charge in [-0.25, -0.2) is 8.78 Å². The number of nitrogens with one attached hydrogen (secondary N) is 1.